The summed E-state index contributed by atoms with van der Waals surface area (Å²) >= 11 is 0. The molecule has 1 aliphatic heterocycles. The maximum atomic E-state index is 12.7. The van der Waals surface area contributed by atoms with Crippen molar-refractivity contribution in [3.8, 4) is 0 Å². The van der Waals surface area contributed by atoms with Gasteiger partial charge in [-0.1, -0.05) is 18.2 Å². The second kappa shape index (κ2) is 7.34. The van der Waals surface area contributed by atoms with Crippen molar-refractivity contribution in [2.75, 3.05) is 20.1 Å². The van der Waals surface area contributed by atoms with Gasteiger partial charge in [0.05, 0.1) is 12.1 Å². The second-order valence-corrected chi connectivity index (χ2v) is 6.30. The molecule has 0 saturated carbocycles. The molecule has 1 unspecified atom stereocenters. The molecule has 23 heavy (non-hydrogen) atoms. The van der Waals surface area contributed by atoms with Gasteiger partial charge in [0.1, 0.15) is 0 Å². The normalized spacial score (nSPS) is 19.2. The van der Waals surface area contributed by atoms with Crippen molar-refractivity contribution < 1.29 is 18.0 Å². The van der Waals surface area contributed by atoms with E-state index in [1.807, 2.05) is 11.8 Å². The summed E-state index contributed by atoms with van der Waals surface area (Å²) in [4.78, 5) is 16.0. The van der Waals surface area contributed by atoms with Gasteiger partial charge in [0.15, 0.2) is 0 Å². The Labute approximate surface area is 135 Å². The minimum Gasteiger partial charge on any atom is -0.339 e. The van der Waals surface area contributed by atoms with Gasteiger partial charge in [-0.05, 0) is 44.9 Å². The molecular weight excluding hydrogens is 305 g/mol. The van der Waals surface area contributed by atoms with Gasteiger partial charge in [-0.2, -0.15) is 13.2 Å². The average molecular weight is 328 g/mol. The lowest BCUT2D eigenvalue weighted by atomic mass is 10.0. The highest BCUT2D eigenvalue weighted by molar-refractivity contribution is 5.78. The standard InChI is InChI=1S/C17H23F3N2O/c1-13-6-3-4-9-22(13)16(23)12-21(2)11-14-7-5-8-15(10-14)17(18,19)20/h5,7-8,10,13H,3-4,6,9,11-12H2,1-2H3. The van der Waals surface area contributed by atoms with Gasteiger partial charge in [-0.3, -0.25) is 9.69 Å². The third-order valence-corrected chi connectivity index (χ3v) is 4.24. The second-order valence-electron chi connectivity index (χ2n) is 6.30. The summed E-state index contributed by atoms with van der Waals surface area (Å²) in [5.74, 6) is 0.0478. The smallest absolute Gasteiger partial charge is 0.339 e. The Morgan fingerprint density at radius 3 is 2.74 bits per heavy atom. The molecule has 1 aliphatic rings. The summed E-state index contributed by atoms with van der Waals surface area (Å²) in [5.41, 5.74) is -0.0961. The van der Waals surface area contributed by atoms with Crippen LogP contribution in [0.1, 0.15) is 37.3 Å². The molecule has 1 aromatic carbocycles. The number of halogens is 3. The number of rotatable bonds is 4. The zero-order chi connectivity index (χ0) is 17.0. The molecule has 1 atom stereocenters. The summed E-state index contributed by atoms with van der Waals surface area (Å²) in [5, 5.41) is 0. The molecule has 0 aliphatic carbocycles. The molecule has 0 N–H and O–H groups in total. The van der Waals surface area contributed by atoms with Crippen LogP contribution in [0.2, 0.25) is 0 Å². The summed E-state index contributed by atoms with van der Waals surface area (Å²) in [6.07, 6.45) is -1.16. The molecule has 128 valence electrons. The van der Waals surface area contributed by atoms with Gasteiger partial charge in [0, 0.05) is 19.1 Å². The maximum absolute atomic E-state index is 12.7. The van der Waals surface area contributed by atoms with Crippen molar-refractivity contribution in [2.24, 2.45) is 0 Å². The highest BCUT2D eigenvalue weighted by Crippen LogP contribution is 2.29. The van der Waals surface area contributed by atoms with Gasteiger partial charge >= 0.3 is 6.18 Å². The highest BCUT2D eigenvalue weighted by atomic mass is 19.4. The number of benzene rings is 1. The summed E-state index contributed by atoms with van der Waals surface area (Å²) < 4.78 is 38.2. The predicted octanol–water partition coefficient (Wildman–Crippen LogP) is 3.54. The van der Waals surface area contributed by atoms with E-state index in [-0.39, 0.29) is 18.5 Å². The largest absolute Gasteiger partial charge is 0.416 e. The van der Waals surface area contributed by atoms with Crippen LogP contribution in [-0.4, -0.2) is 41.9 Å². The fourth-order valence-electron chi connectivity index (χ4n) is 3.00. The van der Waals surface area contributed by atoms with E-state index in [0.29, 0.717) is 12.1 Å². The summed E-state index contributed by atoms with van der Waals surface area (Å²) in [7, 11) is 1.76. The van der Waals surface area contributed by atoms with Crippen molar-refractivity contribution in [3.05, 3.63) is 35.4 Å². The average Bonchev–Trinajstić information content (AvgIpc) is 2.46. The van der Waals surface area contributed by atoms with Crippen LogP contribution >= 0.6 is 0 Å². The minimum atomic E-state index is -4.34. The Hall–Kier alpha value is -1.56. The molecule has 1 amide bonds. The molecule has 6 heteroatoms. The molecule has 1 aromatic rings. The van der Waals surface area contributed by atoms with Crippen LogP contribution in [0.4, 0.5) is 13.2 Å². The first-order valence-corrected chi connectivity index (χ1v) is 7.91. The van der Waals surface area contributed by atoms with Crippen LogP contribution in [0.15, 0.2) is 24.3 Å². The van der Waals surface area contributed by atoms with Gasteiger partial charge in [-0.15, -0.1) is 0 Å². The lowest BCUT2D eigenvalue weighted by Gasteiger charge is -2.34. The van der Waals surface area contributed by atoms with E-state index in [1.54, 1.807) is 18.0 Å². The number of amides is 1. The van der Waals surface area contributed by atoms with E-state index >= 15 is 0 Å². The quantitative estimate of drug-likeness (QED) is 0.844. The topological polar surface area (TPSA) is 23.6 Å². The van der Waals surface area contributed by atoms with Gasteiger partial charge < -0.3 is 4.90 Å². The van der Waals surface area contributed by atoms with Crippen LogP contribution in [0, 0.1) is 0 Å². The summed E-state index contributed by atoms with van der Waals surface area (Å²) in [6, 6.07) is 5.51. The van der Waals surface area contributed by atoms with E-state index in [0.717, 1.165) is 37.9 Å². The van der Waals surface area contributed by atoms with Gasteiger partial charge in [-0.25, -0.2) is 0 Å². The number of hydrogen-bond acceptors (Lipinski definition) is 2. The van der Waals surface area contributed by atoms with Crippen LogP contribution in [-0.2, 0) is 17.5 Å². The molecule has 0 spiro atoms. The molecule has 1 heterocycles. The third kappa shape index (κ3) is 4.96. The monoisotopic (exact) mass is 328 g/mol. The molecule has 2 rings (SSSR count). The van der Waals surface area contributed by atoms with E-state index < -0.39 is 11.7 Å². The fraction of sp³-hybridized carbons (Fsp3) is 0.588. The fourth-order valence-corrected chi connectivity index (χ4v) is 3.00. The minimum absolute atomic E-state index is 0.0478. The zero-order valence-corrected chi connectivity index (χ0v) is 13.6. The van der Waals surface area contributed by atoms with E-state index in [9.17, 15) is 18.0 Å². The van der Waals surface area contributed by atoms with E-state index in [1.165, 1.54) is 6.07 Å². The first-order valence-electron chi connectivity index (χ1n) is 7.91. The predicted molar refractivity (Wildman–Crippen MR) is 82.8 cm³/mol. The number of likely N-dealkylation sites (tertiary alicyclic amines) is 1. The Balaban J connectivity index is 1.94. The van der Waals surface area contributed by atoms with Crippen LogP contribution in [0.25, 0.3) is 0 Å². The molecule has 3 nitrogen and oxygen atoms in total. The third-order valence-electron chi connectivity index (χ3n) is 4.24. The number of carbonyl (C=O) groups is 1. The number of carbonyl (C=O) groups excluding carboxylic acids is 1. The molecule has 0 radical (unpaired) electrons. The van der Waals surface area contributed by atoms with Gasteiger partial charge in [0.2, 0.25) is 5.91 Å². The van der Waals surface area contributed by atoms with Crippen molar-refractivity contribution in [1.82, 2.24) is 9.80 Å². The zero-order valence-electron chi connectivity index (χ0n) is 13.6. The molecule has 0 bridgehead atoms. The lowest BCUT2D eigenvalue weighted by Crippen LogP contribution is -2.46. The van der Waals surface area contributed by atoms with Crippen molar-refractivity contribution >= 4 is 5.91 Å². The number of nitrogens with zero attached hydrogens (tertiary/aromatic N) is 2. The van der Waals surface area contributed by atoms with E-state index in [2.05, 4.69) is 0 Å². The number of piperidine rings is 1. The van der Waals surface area contributed by atoms with Crippen molar-refractivity contribution in [3.63, 3.8) is 0 Å². The molecule has 1 saturated heterocycles. The van der Waals surface area contributed by atoms with Crippen molar-refractivity contribution in [2.45, 2.75) is 44.9 Å². The Bertz CT molecular complexity index is 545. The van der Waals surface area contributed by atoms with Crippen molar-refractivity contribution in [1.29, 1.82) is 0 Å². The lowest BCUT2D eigenvalue weighted by molar-refractivity contribution is -0.138. The Morgan fingerprint density at radius 1 is 1.35 bits per heavy atom. The molecule has 1 fully saturated rings. The van der Waals surface area contributed by atoms with Crippen LogP contribution < -0.4 is 0 Å². The highest BCUT2D eigenvalue weighted by Gasteiger charge is 2.30. The molecule has 0 aromatic heterocycles. The number of hydrogen-bond donors (Lipinski definition) is 0. The number of alkyl halides is 3. The Kier molecular flexibility index (Phi) is 5.68. The van der Waals surface area contributed by atoms with Crippen LogP contribution in [0.3, 0.4) is 0 Å². The Morgan fingerprint density at radius 2 is 2.09 bits per heavy atom. The number of likely N-dealkylation sites (N-methyl/N-ethyl adjacent to an activating group) is 1. The van der Waals surface area contributed by atoms with E-state index in [4.69, 9.17) is 0 Å². The van der Waals surface area contributed by atoms with Crippen LogP contribution in [0.5, 0.6) is 0 Å². The maximum Gasteiger partial charge on any atom is 0.416 e. The van der Waals surface area contributed by atoms with Gasteiger partial charge in [0.25, 0.3) is 0 Å². The first-order chi connectivity index (χ1) is 10.8. The first kappa shape index (κ1) is 17.8. The summed E-state index contributed by atoms with van der Waals surface area (Å²) in [6.45, 7) is 3.36. The SMILES string of the molecule is CC1CCCCN1C(=O)CN(C)Cc1cccc(C(F)(F)F)c1. The molecular formula is C17H23F3N2O.